The van der Waals surface area contributed by atoms with Crippen molar-refractivity contribution in [1.29, 1.82) is 0 Å². The fraction of sp³-hybridized carbons (Fsp3) is 0.576. The van der Waals surface area contributed by atoms with E-state index in [-0.39, 0.29) is 0 Å². The monoisotopic (exact) mass is 1180 g/mol. The molecule has 87 heavy (non-hydrogen) atoms. The first-order valence-electron chi connectivity index (χ1n) is 36.1. The number of nitrogens with one attached hydrogen (secondary N) is 1. The molecule has 2 N–H and O–H groups in total. The molecule has 0 unspecified atom stereocenters. The zero-order valence-electron chi connectivity index (χ0n) is 59.0. The molecule has 0 radical (unpaired) electrons. The van der Waals surface area contributed by atoms with E-state index in [9.17, 15) is 5.11 Å². The van der Waals surface area contributed by atoms with Crippen molar-refractivity contribution in [2.45, 2.75) is 301 Å². The molecule has 1 saturated heterocycles. The minimum atomic E-state index is -0.457. The molecule has 2 heteroatoms. The maximum atomic E-state index is 9.52. The highest BCUT2D eigenvalue weighted by Gasteiger charge is 2.43. The Morgan fingerprint density at radius 3 is 0.851 bits per heavy atom. The molecule has 482 valence electrons. The Labute approximate surface area is 538 Å². The van der Waals surface area contributed by atoms with Crippen molar-refractivity contribution < 1.29 is 5.11 Å². The van der Waals surface area contributed by atoms with Crippen LogP contribution in [0.2, 0.25) is 0 Å². The number of unbranched alkanes of at least 4 members (excludes halogenated alkanes) is 16. The van der Waals surface area contributed by atoms with Crippen molar-refractivity contribution >= 4 is 0 Å². The van der Waals surface area contributed by atoms with Gasteiger partial charge in [0.15, 0.2) is 0 Å². The van der Waals surface area contributed by atoms with Gasteiger partial charge in [0.05, 0.1) is 5.60 Å². The van der Waals surface area contributed by atoms with Crippen LogP contribution in [0.25, 0.3) is 33.4 Å². The van der Waals surface area contributed by atoms with Crippen LogP contribution < -0.4 is 5.32 Å². The molecule has 6 aromatic rings. The van der Waals surface area contributed by atoms with E-state index in [1.807, 2.05) is 55.4 Å². The zero-order valence-corrected chi connectivity index (χ0v) is 59.0. The Morgan fingerprint density at radius 2 is 0.609 bits per heavy atom. The van der Waals surface area contributed by atoms with E-state index >= 15 is 0 Å². The Bertz CT molecular complexity index is 2310. The van der Waals surface area contributed by atoms with Crippen LogP contribution in [-0.4, -0.2) is 22.8 Å². The lowest BCUT2D eigenvalue weighted by molar-refractivity contribution is 0.0680. The molecule has 0 amide bonds. The average molecular weight is 1180 g/mol. The summed E-state index contributed by atoms with van der Waals surface area (Å²) in [4.78, 5) is 0. The maximum absolute atomic E-state index is 9.52. The quantitative estimate of drug-likeness (QED) is 0.0791. The Hall–Kier alpha value is -4.76. The third-order valence-corrected chi connectivity index (χ3v) is 17.7. The number of fused-ring (bicyclic) bond motifs is 9. The largest absolute Gasteiger partial charge is 0.390 e. The molecule has 4 aliphatic carbocycles. The highest BCUT2D eigenvalue weighted by Crippen LogP contribution is 2.46. The van der Waals surface area contributed by atoms with E-state index in [1.165, 1.54) is 234 Å². The van der Waals surface area contributed by atoms with E-state index in [4.69, 9.17) is 0 Å². The highest BCUT2D eigenvalue weighted by atomic mass is 16.3. The van der Waals surface area contributed by atoms with Crippen LogP contribution in [0.15, 0.2) is 146 Å². The fourth-order valence-electron chi connectivity index (χ4n) is 13.2. The summed E-state index contributed by atoms with van der Waals surface area (Å²) in [6, 6.07) is 51.9. The molecular weight excluding hydrogens is 1050 g/mol. The fourth-order valence-corrected chi connectivity index (χ4v) is 13.2. The van der Waals surface area contributed by atoms with Gasteiger partial charge in [-0.2, -0.15) is 0 Å². The van der Waals surface area contributed by atoms with Crippen LogP contribution in [-0.2, 0) is 19.3 Å². The number of benzene rings is 6. The first-order chi connectivity index (χ1) is 42.1. The number of aliphatic hydroxyl groups is 1. The highest BCUT2D eigenvalue weighted by molar-refractivity contribution is 5.78. The second kappa shape index (κ2) is 43.0. The van der Waals surface area contributed by atoms with Gasteiger partial charge >= 0.3 is 0 Å². The normalized spacial score (nSPS) is 14.3. The molecule has 1 spiro atoms. The molecule has 2 fully saturated rings. The Morgan fingerprint density at radius 1 is 0.356 bits per heavy atom. The number of rotatable bonds is 19. The first kappa shape index (κ1) is 76.5. The van der Waals surface area contributed by atoms with Crippen molar-refractivity contribution in [3.8, 4) is 33.4 Å². The van der Waals surface area contributed by atoms with Gasteiger partial charge in [-0.1, -0.05) is 357 Å². The molecule has 6 aromatic carbocycles. The SMILES string of the molecule is CC.CC.CC.CC1(C)CC2(CCCCC2)CN1.CCCCCCCCCCCC(C)(C)C.CCCCCCCCCCCC(C)(C)O.c1ccc2c(c1)Cc1ccccc1-2.c1ccc2c(c1)Cc1ccccc1-2.c1ccc2c(c1)Cc1ccccc1-2. The van der Waals surface area contributed by atoms with E-state index < -0.39 is 5.60 Å². The van der Waals surface area contributed by atoms with Gasteiger partial charge in [0.2, 0.25) is 0 Å². The van der Waals surface area contributed by atoms with Gasteiger partial charge in [-0.3, -0.25) is 0 Å². The van der Waals surface area contributed by atoms with Crippen LogP contribution in [0.5, 0.6) is 0 Å². The summed E-state index contributed by atoms with van der Waals surface area (Å²) in [7, 11) is 0. The van der Waals surface area contributed by atoms with Crippen LogP contribution in [0.4, 0.5) is 0 Å². The van der Waals surface area contributed by atoms with Crippen molar-refractivity contribution in [2.24, 2.45) is 10.8 Å². The minimum Gasteiger partial charge on any atom is -0.390 e. The number of hydrogen-bond donors (Lipinski definition) is 2. The minimum absolute atomic E-state index is 0.414. The third kappa shape index (κ3) is 29.2. The molecule has 11 rings (SSSR count). The maximum Gasteiger partial charge on any atom is 0.0591 e. The summed E-state index contributed by atoms with van der Waals surface area (Å²) in [6.07, 6.45) is 39.6. The average Bonchev–Trinajstić information content (AvgIpc) is 4.30. The number of hydrogen-bond acceptors (Lipinski definition) is 2. The predicted octanol–water partition coefficient (Wildman–Crippen LogP) is 26.2. The molecule has 1 aliphatic heterocycles. The van der Waals surface area contributed by atoms with Gasteiger partial charge in [-0.25, -0.2) is 0 Å². The molecule has 2 nitrogen and oxygen atoms in total. The lowest BCUT2D eigenvalue weighted by Crippen LogP contribution is -2.31. The second-order valence-electron chi connectivity index (χ2n) is 27.5. The van der Waals surface area contributed by atoms with Crippen molar-refractivity contribution in [1.82, 2.24) is 5.32 Å². The first-order valence-corrected chi connectivity index (χ1v) is 36.1. The van der Waals surface area contributed by atoms with Crippen molar-refractivity contribution in [3.05, 3.63) is 179 Å². The van der Waals surface area contributed by atoms with Gasteiger partial charge in [-0.05, 0) is 157 Å². The standard InChI is InChI=1S/C15H32.C14H30O.3C13H10.C11H21N.3C2H6/c1-5-6-7-8-9-10-11-12-13-14-15(2,3)4;1-4-5-6-7-8-9-10-11-12-13-14(2,3)15;3*1-3-7-12-10(5-1)9-11-6-2-4-8-13(11)12;1-10(2)8-11(9-12-10)6-4-3-5-7-11;3*1-2/h5-14H2,1-4H3;15H,4-13H2,1-3H3;3*1-8H,9H2;12H,3-9H2,1-2H3;3*1-2H3. The van der Waals surface area contributed by atoms with Gasteiger partial charge in [0.1, 0.15) is 0 Å². The predicted molar refractivity (Wildman–Crippen MR) is 390 cm³/mol. The summed E-state index contributed by atoms with van der Waals surface area (Å²) < 4.78 is 0. The van der Waals surface area contributed by atoms with E-state index in [0.717, 1.165) is 25.7 Å². The summed E-state index contributed by atoms with van der Waals surface area (Å²) in [5.74, 6) is 0. The van der Waals surface area contributed by atoms with Gasteiger partial charge in [0, 0.05) is 12.1 Å². The van der Waals surface area contributed by atoms with Gasteiger partial charge < -0.3 is 10.4 Å². The molecule has 0 aromatic heterocycles. The molecule has 0 atom stereocenters. The van der Waals surface area contributed by atoms with Crippen LogP contribution in [0.1, 0.15) is 304 Å². The Kier molecular flexibility index (Phi) is 37.8. The smallest absolute Gasteiger partial charge is 0.0591 e. The molecular formula is C85H131NO. The molecule has 1 heterocycles. The van der Waals surface area contributed by atoms with Crippen molar-refractivity contribution in [2.75, 3.05) is 6.54 Å². The van der Waals surface area contributed by atoms with Crippen LogP contribution >= 0.6 is 0 Å². The van der Waals surface area contributed by atoms with Crippen molar-refractivity contribution in [3.63, 3.8) is 0 Å². The van der Waals surface area contributed by atoms with Crippen LogP contribution in [0, 0.1) is 10.8 Å². The van der Waals surface area contributed by atoms with E-state index in [2.05, 4.69) is 199 Å². The summed E-state index contributed by atoms with van der Waals surface area (Å²) >= 11 is 0. The molecule has 0 bridgehead atoms. The third-order valence-electron chi connectivity index (χ3n) is 17.7. The summed E-state index contributed by atoms with van der Waals surface area (Å²) in [6.45, 7) is 33.3. The van der Waals surface area contributed by atoms with Crippen LogP contribution in [0.3, 0.4) is 0 Å². The lowest BCUT2D eigenvalue weighted by Gasteiger charge is -2.33. The van der Waals surface area contributed by atoms with E-state index in [1.54, 1.807) is 0 Å². The summed E-state index contributed by atoms with van der Waals surface area (Å²) in [5, 5.41) is 13.2. The second-order valence-corrected chi connectivity index (χ2v) is 27.5. The van der Waals surface area contributed by atoms with Gasteiger partial charge in [0.25, 0.3) is 0 Å². The molecule has 5 aliphatic rings. The lowest BCUT2D eigenvalue weighted by atomic mass is 9.71. The molecule has 1 saturated carbocycles. The van der Waals surface area contributed by atoms with Gasteiger partial charge in [-0.15, -0.1) is 0 Å². The zero-order chi connectivity index (χ0) is 63.8. The van der Waals surface area contributed by atoms with E-state index in [0.29, 0.717) is 16.4 Å². The Balaban J connectivity index is 0.000000268. The topological polar surface area (TPSA) is 32.3 Å². The summed E-state index contributed by atoms with van der Waals surface area (Å²) in [5.41, 5.74) is 18.5.